The number of benzene rings is 2. The number of methoxy groups -OCH3 is 1. The van der Waals surface area contributed by atoms with Gasteiger partial charge in [0.1, 0.15) is 11.6 Å². The summed E-state index contributed by atoms with van der Waals surface area (Å²) in [4.78, 5) is 12.1. The first-order valence-corrected chi connectivity index (χ1v) is 6.30. The van der Waals surface area contributed by atoms with Crippen LogP contribution in [0.5, 0.6) is 5.75 Å². The highest BCUT2D eigenvalue weighted by Crippen LogP contribution is 2.23. The average Bonchev–Trinajstić information content (AvgIpc) is 2.43. The van der Waals surface area contributed by atoms with E-state index in [1.807, 2.05) is 6.92 Å². The zero-order chi connectivity index (χ0) is 14.7. The maximum Gasteiger partial charge on any atom is 0.259 e. The highest BCUT2D eigenvalue weighted by molar-refractivity contribution is 6.31. The molecule has 0 unspecified atom stereocenters. The quantitative estimate of drug-likeness (QED) is 0.927. The van der Waals surface area contributed by atoms with Gasteiger partial charge in [-0.3, -0.25) is 4.79 Å². The number of rotatable bonds is 3. The molecule has 0 saturated heterocycles. The molecule has 0 aliphatic rings. The van der Waals surface area contributed by atoms with Gasteiger partial charge in [-0.15, -0.1) is 0 Å². The molecule has 0 fully saturated rings. The second-order valence-electron chi connectivity index (χ2n) is 4.26. The molecule has 2 aromatic rings. The molecule has 1 amide bonds. The fourth-order valence-electron chi connectivity index (χ4n) is 1.73. The number of anilines is 1. The molecule has 0 aliphatic carbocycles. The van der Waals surface area contributed by atoms with Gasteiger partial charge in [0.05, 0.1) is 12.7 Å². The van der Waals surface area contributed by atoms with Crippen molar-refractivity contribution in [3.63, 3.8) is 0 Å². The Morgan fingerprint density at radius 3 is 2.65 bits per heavy atom. The third-order valence-electron chi connectivity index (χ3n) is 2.84. The van der Waals surface area contributed by atoms with E-state index in [2.05, 4.69) is 5.32 Å². The second-order valence-corrected chi connectivity index (χ2v) is 4.67. The van der Waals surface area contributed by atoms with Crippen LogP contribution in [0.15, 0.2) is 36.4 Å². The van der Waals surface area contributed by atoms with E-state index in [1.54, 1.807) is 18.2 Å². The SMILES string of the molecule is COc1ccc(F)cc1C(=O)Nc1ccc(C)c(Cl)c1. The molecule has 0 aliphatic heterocycles. The normalized spacial score (nSPS) is 10.2. The Morgan fingerprint density at radius 1 is 1.25 bits per heavy atom. The zero-order valence-electron chi connectivity index (χ0n) is 11.0. The number of halogens is 2. The first-order chi connectivity index (χ1) is 9.51. The van der Waals surface area contributed by atoms with Gasteiger partial charge in [0.15, 0.2) is 0 Å². The molecule has 2 rings (SSSR count). The van der Waals surface area contributed by atoms with E-state index >= 15 is 0 Å². The number of hydrogen-bond acceptors (Lipinski definition) is 2. The Morgan fingerprint density at radius 2 is 2.00 bits per heavy atom. The predicted molar refractivity (Wildman–Crippen MR) is 77.1 cm³/mol. The van der Waals surface area contributed by atoms with Crippen molar-refractivity contribution >= 4 is 23.2 Å². The van der Waals surface area contributed by atoms with Crippen molar-refractivity contribution < 1.29 is 13.9 Å². The average molecular weight is 294 g/mol. The van der Waals surface area contributed by atoms with Crippen LogP contribution in [0.2, 0.25) is 5.02 Å². The van der Waals surface area contributed by atoms with E-state index in [1.165, 1.54) is 19.2 Å². The number of amides is 1. The van der Waals surface area contributed by atoms with E-state index in [4.69, 9.17) is 16.3 Å². The summed E-state index contributed by atoms with van der Waals surface area (Å²) in [5, 5.41) is 3.21. The maximum absolute atomic E-state index is 13.2. The van der Waals surface area contributed by atoms with E-state index in [-0.39, 0.29) is 5.56 Å². The summed E-state index contributed by atoms with van der Waals surface area (Å²) in [6.45, 7) is 1.86. The van der Waals surface area contributed by atoms with Gasteiger partial charge in [-0.1, -0.05) is 17.7 Å². The van der Waals surface area contributed by atoms with Gasteiger partial charge in [0, 0.05) is 10.7 Å². The number of carbonyl (C=O) groups is 1. The zero-order valence-corrected chi connectivity index (χ0v) is 11.8. The van der Waals surface area contributed by atoms with Crippen molar-refractivity contribution in [3.05, 3.63) is 58.4 Å². The highest BCUT2D eigenvalue weighted by atomic mass is 35.5. The summed E-state index contributed by atoms with van der Waals surface area (Å²) in [5.41, 5.74) is 1.58. The van der Waals surface area contributed by atoms with E-state index in [0.717, 1.165) is 11.6 Å². The Balaban J connectivity index is 2.27. The van der Waals surface area contributed by atoms with Crippen LogP contribution in [0.3, 0.4) is 0 Å². The largest absolute Gasteiger partial charge is 0.496 e. The lowest BCUT2D eigenvalue weighted by atomic mass is 10.1. The Kier molecular flexibility index (Phi) is 4.25. The topological polar surface area (TPSA) is 38.3 Å². The number of ether oxygens (including phenoxy) is 1. The summed E-state index contributed by atoms with van der Waals surface area (Å²) in [6.07, 6.45) is 0. The molecule has 0 saturated carbocycles. The van der Waals surface area contributed by atoms with Crippen LogP contribution in [0.1, 0.15) is 15.9 Å². The van der Waals surface area contributed by atoms with Gasteiger partial charge in [-0.25, -0.2) is 4.39 Å². The van der Waals surface area contributed by atoms with Crippen molar-refractivity contribution in [2.45, 2.75) is 6.92 Å². The smallest absolute Gasteiger partial charge is 0.259 e. The minimum absolute atomic E-state index is 0.129. The fourth-order valence-corrected chi connectivity index (χ4v) is 1.91. The molecule has 3 nitrogen and oxygen atoms in total. The first-order valence-electron chi connectivity index (χ1n) is 5.92. The van der Waals surface area contributed by atoms with Crippen LogP contribution in [-0.4, -0.2) is 13.0 Å². The van der Waals surface area contributed by atoms with Crippen molar-refractivity contribution in [2.75, 3.05) is 12.4 Å². The monoisotopic (exact) mass is 293 g/mol. The van der Waals surface area contributed by atoms with Gasteiger partial charge in [0.25, 0.3) is 5.91 Å². The van der Waals surface area contributed by atoms with Gasteiger partial charge in [-0.05, 0) is 42.8 Å². The van der Waals surface area contributed by atoms with E-state index in [0.29, 0.717) is 16.5 Å². The number of hydrogen-bond donors (Lipinski definition) is 1. The lowest BCUT2D eigenvalue weighted by Gasteiger charge is -2.10. The number of aryl methyl sites for hydroxylation is 1. The minimum atomic E-state index is -0.502. The molecule has 104 valence electrons. The molecule has 0 bridgehead atoms. The molecule has 5 heteroatoms. The summed E-state index contributed by atoms with van der Waals surface area (Å²) >= 11 is 5.99. The Labute approximate surface area is 121 Å². The van der Waals surface area contributed by atoms with Crippen LogP contribution in [-0.2, 0) is 0 Å². The van der Waals surface area contributed by atoms with Crippen LogP contribution in [0, 0.1) is 12.7 Å². The fraction of sp³-hybridized carbons (Fsp3) is 0.133. The third kappa shape index (κ3) is 3.08. The van der Waals surface area contributed by atoms with Crippen LogP contribution in [0.4, 0.5) is 10.1 Å². The molecule has 0 radical (unpaired) electrons. The summed E-state index contributed by atoms with van der Waals surface area (Å²) < 4.78 is 18.3. The molecule has 20 heavy (non-hydrogen) atoms. The first kappa shape index (κ1) is 14.3. The van der Waals surface area contributed by atoms with Crippen molar-refractivity contribution in [1.29, 1.82) is 0 Å². The standard InChI is InChI=1S/C15H13ClFNO2/c1-9-3-5-11(8-13(9)16)18-15(19)12-7-10(17)4-6-14(12)20-2/h3-8H,1-2H3,(H,18,19). The van der Waals surface area contributed by atoms with Gasteiger partial charge >= 0.3 is 0 Å². The minimum Gasteiger partial charge on any atom is -0.496 e. The maximum atomic E-state index is 13.2. The number of carbonyl (C=O) groups excluding carboxylic acids is 1. The van der Waals surface area contributed by atoms with Gasteiger partial charge in [0.2, 0.25) is 0 Å². The van der Waals surface area contributed by atoms with Gasteiger partial charge < -0.3 is 10.1 Å². The molecule has 0 spiro atoms. The predicted octanol–water partition coefficient (Wildman–Crippen LogP) is 4.05. The van der Waals surface area contributed by atoms with Crippen molar-refractivity contribution in [2.24, 2.45) is 0 Å². The van der Waals surface area contributed by atoms with E-state index in [9.17, 15) is 9.18 Å². The van der Waals surface area contributed by atoms with Crippen LogP contribution >= 0.6 is 11.6 Å². The molecule has 1 N–H and O–H groups in total. The molecule has 0 aromatic heterocycles. The number of nitrogens with one attached hydrogen (secondary N) is 1. The second kappa shape index (κ2) is 5.92. The van der Waals surface area contributed by atoms with Gasteiger partial charge in [-0.2, -0.15) is 0 Å². The molecule has 0 atom stereocenters. The third-order valence-corrected chi connectivity index (χ3v) is 3.24. The Bertz CT molecular complexity index is 658. The van der Waals surface area contributed by atoms with E-state index < -0.39 is 11.7 Å². The van der Waals surface area contributed by atoms with Crippen LogP contribution < -0.4 is 10.1 Å². The summed E-state index contributed by atoms with van der Waals surface area (Å²) in [6, 6.07) is 8.93. The molecular formula is C15H13ClFNO2. The lowest BCUT2D eigenvalue weighted by molar-refractivity contribution is 0.102. The lowest BCUT2D eigenvalue weighted by Crippen LogP contribution is -2.13. The highest BCUT2D eigenvalue weighted by Gasteiger charge is 2.14. The Hall–Kier alpha value is -2.07. The summed E-state index contributed by atoms with van der Waals surface area (Å²) in [5.74, 6) is -0.652. The molecular weight excluding hydrogens is 281 g/mol. The van der Waals surface area contributed by atoms with Crippen molar-refractivity contribution in [3.8, 4) is 5.75 Å². The van der Waals surface area contributed by atoms with Crippen LogP contribution in [0.25, 0.3) is 0 Å². The molecule has 0 heterocycles. The molecule has 2 aromatic carbocycles. The summed E-state index contributed by atoms with van der Waals surface area (Å²) in [7, 11) is 1.42. The van der Waals surface area contributed by atoms with Crippen molar-refractivity contribution in [1.82, 2.24) is 0 Å².